The summed E-state index contributed by atoms with van der Waals surface area (Å²) in [6.45, 7) is 2.20. The number of carbonyl (C=O) groups is 1. The van der Waals surface area contributed by atoms with Crippen LogP contribution in [0.3, 0.4) is 0 Å². The molecule has 2 heterocycles. The minimum Gasteiger partial charge on any atom is -0.481 e. The Morgan fingerprint density at radius 3 is 3.11 bits per heavy atom. The summed E-state index contributed by atoms with van der Waals surface area (Å²) in [6, 6.07) is 0. The van der Waals surface area contributed by atoms with Gasteiger partial charge in [-0.1, -0.05) is 11.8 Å². The zero-order valence-electron chi connectivity index (χ0n) is 9.91. The number of nitrogens with two attached hydrogens (primary N) is 1. The number of nitrogen functional groups attached to an aromatic ring is 1. The van der Waals surface area contributed by atoms with Crippen LogP contribution in [0, 0.1) is 5.92 Å². The van der Waals surface area contributed by atoms with Gasteiger partial charge in [0.15, 0.2) is 5.16 Å². The van der Waals surface area contributed by atoms with E-state index in [0.29, 0.717) is 30.2 Å². The average molecular weight is 272 g/mol. The van der Waals surface area contributed by atoms with Crippen LogP contribution in [0.2, 0.25) is 0 Å². The largest absolute Gasteiger partial charge is 0.481 e. The Bertz CT molecular complexity index is 417. The maximum atomic E-state index is 10.6. The second kappa shape index (κ2) is 6.05. The molecule has 0 amide bonds. The number of nitrogens with zero attached hydrogens (tertiary/aromatic N) is 3. The first-order valence-corrected chi connectivity index (χ1v) is 6.76. The van der Waals surface area contributed by atoms with Crippen molar-refractivity contribution in [1.29, 1.82) is 0 Å². The molecular formula is C10H16N4O3S. The highest BCUT2D eigenvalue weighted by Crippen LogP contribution is 2.22. The number of thioether (sulfide) groups is 1. The Morgan fingerprint density at radius 1 is 1.61 bits per heavy atom. The van der Waals surface area contributed by atoms with E-state index in [0.717, 1.165) is 31.2 Å². The molecule has 1 atom stereocenters. The van der Waals surface area contributed by atoms with Gasteiger partial charge in [-0.05, 0) is 12.8 Å². The Morgan fingerprint density at radius 2 is 2.44 bits per heavy atom. The first-order valence-electron chi connectivity index (χ1n) is 5.78. The van der Waals surface area contributed by atoms with Gasteiger partial charge in [0.05, 0.1) is 12.4 Å². The lowest BCUT2D eigenvalue weighted by Crippen LogP contribution is -2.23. The zero-order valence-corrected chi connectivity index (χ0v) is 10.7. The third-order valence-corrected chi connectivity index (χ3v) is 3.72. The Labute approximate surface area is 109 Å². The number of carboxylic acids is 1. The van der Waals surface area contributed by atoms with E-state index >= 15 is 0 Å². The second-order valence-electron chi connectivity index (χ2n) is 4.22. The molecule has 0 spiro atoms. The van der Waals surface area contributed by atoms with E-state index in [1.54, 1.807) is 4.57 Å². The molecule has 1 fully saturated rings. The van der Waals surface area contributed by atoms with Crippen molar-refractivity contribution in [2.45, 2.75) is 24.5 Å². The van der Waals surface area contributed by atoms with Crippen molar-refractivity contribution in [3.8, 4) is 0 Å². The number of rotatable bonds is 5. The Kier molecular flexibility index (Phi) is 4.43. The summed E-state index contributed by atoms with van der Waals surface area (Å²) in [5.74, 6) is -0.205. The molecule has 2 rings (SSSR count). The number of ether oxygens (including phenoxy) is 1. The molecule has 18 heavy (non-hydrogen) atoms. The summed E-state index contributed by atoms with van der Waals surface area (Å²) in [4.78, 5) is 10.6. The summed E-state index contributed by atoms with van der Waals surface area (Å²) in [5, 5.41) is 16.9. The Hall–Kier alpha value is -1.28. The van der Waals surface area contributed by atoms with Gasteiger partial charge in [0.2, 0.25) is 5.95 Å². The van der Waals surface area contributed by atoms with Gasteiger partial charge < -0.3 is 15.6 Å². The number of carboxylic acid groups (broad SMARTS) is 1. The molecule has 0 radical (unpaired) electrons. The van der Waals surface area contributed by atoms with Crippen LogP contribution < -0.4 is 5.73 Å². The van der Waals surface area contributed by atoms with Crippen LogP contribution in [-0.4, -0.2) is 44.8 Å². The fourth-order valence-corrected chi connectivity index (χ4v) is 2.59. The van der Waals surface area contributed by atoms with E-state index in [1.807, 2.05) is 0 Å². The van der Waals surface area contributed by atoms with Crippen molar-refractivity contribution in [2.24, 2.45) is 5.92 Å². The van der Waals surface area contributed by atoms with E-state index in [1.165, 1.54) is 0 Å². The first-order chi connectivity index (χ1) is 8.66. The molecule has 1 aromatic rings. The fourth-order valence-electron chi connectivity index (χ4n) is 1.91. The lowest BCUT2D eigenvalue weighted by atomic mass is 10.0. The minimum atomic E-state index is -0.880. The highest BCUT2D eigenvalue weighted by Gasteiger charge is 2.19. The van der Waals surface area contributed by atoms with Gasteiger partial charge in [0, 0.05) is 19.1 Å². The van der Waals surface area contributed by atoms with Crippen LogP contribution in [0.5, 0.6) is 0 Å². The van der Waals surface area contributed by atoms with E-state index in [9.17, 15) is 4.79 Å². The van der Waals surface area contributed by atoms with Gasteiger partial charge in [-0.15, -0.1) is 10.2 Å². The van der Waals surface area contributed by atoms with Gasteiger partial charge in [0.1, 0.15) is 0 Å². The molecule has 7 nitrogen and oxygen atoms in total. The molecular weight excluding hydrogens is 256 g/mol. The maximum absolute atomic E-state index is 10.6. The van der Waals surface area contributed by atoms with Crippen LogP contribution in [0.15, 0.2) is 5.16 Å². The number of hydrogen-bond acceptors (Lipinski definition) is 6. The van der Waals surface area contributed by atoms with E-state index < -0.39 is 5.97 Å². The predicted octanol–water partition coefficient (Wildman–Crippen LogP) is 0.464. The fraction of sp³-hybridized carbons (Fsp3) is 0.700. The van der Waals surface area contributed by atoms with E-state index in [2.05, 4.69) is 10.2 Å². The molecule has 1 aliphatic heterocycles. The third kappa shape index (κ3) is 3.36. The summed E-state index contributed by atoms with van der Waals surface area (Å²) in [5.41, 5.74) is 5.75. The number of anilines is 1. The van der Waals surface area contributed by atoms with Gasteiger partial charge in [-0.2, -0.15) is 0 Å². The summed E-state index contributed by atoms with van der Waals surface area (Å²) in [7, 11) is 0. The van der Waals surface area contributed by atoms with Crippen molar-refractivity contribution in [3.63, 3.8) is 0 Å². The van der Waals surface area contributed by atoms with Crippen LogP contribution in [-0.2, 0) is 16.1 Å². The summed E-state index contributed by atoms with van der Waals surface area (Å²) < 4.78 is 7.18. The standard InChI is InChI=1S/C10H16N4O3S/c11-9-12-13-10(18-6-8(15)16)14(9)4-7-2-1-3-17-5-7/h7H,1-6H2,(H2,11,12)(H,15,16). The van der Waals surface area contributed by atoms with Crippen LogP contribution in [0.4, 0.5) is 5.95 Å². The third-order valence-electron chi connectivity index (χ3n) is 2.77. The lowest BCUT2D eigenvalue weighted by Gasteiger charge is -2.22. The van der Waals surface area contributed by atoms with Gasteiger partial charge in [-0.25, -0.2) is 0 Å². The molecule has 8 heteroatoms. The van der Waals surface area contributed by atoms with Crippen molar-refractivity contribution in [1.82, 2.24) is 14.8 Å². The maximum Gasteiger partial charge on any atom is 0.313 e. The molecule has 3 N–H and O–H groups in total. The molecule has 0 saturated carbocycles. The molecule has 1 aliphatic rings. The monoisotopic (exact) mass is 272 g/mol. The van der Waals surface area contributed by atoms with Crippen molar-refractivity contribution in [3.05, 3.63) is 0 Å². The number of aliphatic carboxylic acids is 1. The quantitative estimate of drug-likeness (QED) is 0.750. The number of aromatic nitrogens is 3. The SMILES string of the molecule is Nc1nnc(SCC(=O)O)n1CC1CCCOC1. The smallest absolute Gasteiger partial charge is 0.313 e. The molecule has 0 aromatic carbocycles. The highest BCUT2D eigenvalue weighted by atomic mass is 32.2. The second-order valence-corrected chi connectivity index (χ2v) is 5.16. The molecule has 1 unspecified atom stereocenters. The van der Waals surface area contributed by atoms with E-state index in [4.69, 9.17) is 15.6 Å². The summed E-state index contributed by atoms with van der Waals surface area (Å²) >= 11 is 1.13. The minimum absolute atomic E-state index is 0.0424. The van der Waals surface area contributed by atoms with E-state index in [-0.39, 0.29) is 5.75 Å². The molecule has 0 aliphatic carbocycles. The molecule has 0 bridgehead atoms. The van der Waals surface area contributed by atoms with Crippen molar-refractivity contribution >= 4 is 23.7 Å². The van der Waals surface area contributed by atoms with Gasteiger partial charge >= 0.3 is 5.97 Å². The van der Waals surface area contributed by atoms with Crippen LogP contribution in [0.1, 0.15) is 12.8 Å². The lowest BCUT2D eigenvalue weighted by molar-refractivity contribution is -0.133. The van der Waals surface area contributed by atoms with Crippen molar-refractivity contribution in [2.75, 3.05) is 24.7 Å². The Balaban J connectivity index is 2.01. The van der Waals surface area contributed by atoms with Crippen LogP contribution >= 0.6 is 11.8 Å². The number of hydrogen-bond donors (Lipinski definition) is 2. The highest BCUT2D eigenvalue weighted by molar-refractivity contribution is 7.99. The molecule has 1 saturated heterocycles. The van der Waals surface area contributed by atoms with Gasteiger partial charge in [0.25, 0.3) is 0 Å². The molecule has 1 aromatic heterocycles. The predicted molar refractivity (Wildman–Crippen MR) is 66.3 cm³/mol. The average Bonchev–Trinajstić information content (AvgIpc) is 2.70. The van der Waals surface area contributed by atoms with Crippen molar-refractivity contribution < 1.29 is 14.6 Å². The summed E-state index contributed by atoms with van der Waals surface area (Å²) in [6.07, 6.45) is 2.13. The first kappa shape index (κ1) is 13.2. The molecule has 100 valence electrons. The van der Waals surface area contributed by atoms with Gasteiger partial charge in [-0.3, -0.25) is 9.36 Å². The normalized spacial score (nSPS) is 19.9. The topological polar surface area (TPSA) is 103 Å². The zero-order chi connectivity index (χ0) is 13.0. The van der Waals surface area contributed by atoms with Crippen LogP contribution in [0.25, 0.3) is 0 Å².